The highest BCUT2D eigenvalue weighted by Gasteiger charge is 2.16. The molecule has 0 spiro atoms. The SMILES string of the molecule is C=C(C)CC(CCC)N(C)C(=C)C(C)C. The standard InChI is InChI=1S/C14H27N/c1-8-9-14(10-11(2)3)15(7)13(6)12(4)5/h12,14H,2,6,8-10H2,1,3-5,7H3. The van der Waals surface area contributed by atoms with Crippen LogP contribution in [0.2, 0.25) is 0 Å². The number of allylic oxidation sites excluding steroid dienone is 1. The predicted molar refractivity (Wildman–Crippen MR) is 69.9 cm³/mol. The molecule has 88 valence electrons. The largest absolute Gasteiger partial charge is 0.375 e. The molecule has 0 heterocycles. The Bertz CT molecular complexity index is 215. The van der Waals surface area contributed by atoms with E-state index < -0.39 is 0 Å². The highest BCUT2D eigenvalue weighted by Crippen LogP contribution is 2.21. The summed E-state index contributed by atoms with van der Waals surface area (Å²) >= 11 is 0. The Balaban J connectivity index is 4.46. The van der Waals surface area contributed by atoms with Gasteiger partial charge in [-0.05, 0) is 25.7 Å². The van der Waals surface area contributed by atoms with E-state index in [9.17, 15) is 0 Å². The monoisotopic (exact) mass is 209 g/mol. The molecule has 0 saturated heterocycles. The fourth-order valence-corrected chi connectivity index (χ4v) is 1.81. The van der Waals surface area contributed by atoms with Crippen LogP contribution in [0.25, 0.3) is 0 Å². The Morgan fingerprint density at radius 3 is 2.13 bits per heavy atom. The van der Waals surface area contributed by atoms with Gasteiger partial charge in [-0.1, -0.05) is 39.3 Å². The van der Waals surface area contributed by atoms with Crippen LogP contribution in [-0.2, 0) is 0 Å². The smallest absolute Gasteiger partial charge is 0.0320 e. The summed E-state index contributed by atoms with van der Waals surface area (Å²) in [7, 11) is 2.16. The normalized spacial score (nSPS) is 12.7. The number of hydrogen-bond acceptors (Lipinski definition) is 1. The van der Waals surface area contributed by atoms with Crippen molar-refractivity contribution in [3.8, 4) is 0 Å². The third-order valence-corrected chi connectivity index (χ3v) is 2.87. The van der Waals surface area contributed by atoms with Crippen LogP contribution in [0.1, 0.15) is 47.0 Å². The van der Waals surface area contributed by atoms with Gasteiger partial charge in [0.2, 0.25) is 0 Å². The lowest BCUT2D eigenvalue weighted by atomic mass is 10.0. The summed E-state index contributed by atoms with van der Waals surface area (Å²) in [6.45, 7) is 16.9. The molecular formula is C14H27N. The van der Waals surface area contributed by atoms with E-state index in [1.807, 2.05) is 0 Å². The van der Waals surface area contributed by atoms with Crippen molar-refractivity contribution in [2.24, 2.45) is 5.92 Å². The van der Waals surface area contributed by atoms with E-state index in [2.05, 4.69) is 52.8 Å². The molecule has 0 saturated carbocycles. The minimum atomic E-state index is 0.527. The van der Waals surface area contributed by atoms with Gasteiger partial charge in [0.1, 0.15) is 0 Å². The fraction of sp³-hybridized carbons (Fsp3) is 0.714. The minimum absolute atomic E-state index is 0.527. The highest BCUT2D eigenvalue weighted by atomic mass is 15.1. The van der Waals surface area contributed by atoms with Crippen LogP contribution in [0.15, 0.2) is 24.4 Å². The van der Waals surface area contributed by atoms with Gasteiger partial charge in [0.25, 0.3) is 0 Å². The van der Waals surface area contributed by atoms with Crippen LogP contribution < -0.4 is 0 Å². The van der Waals surface area contributed by atoms with Gasteiger partial charge in [-0.3, -0.25) is 0 Å². The average molecular weight is 209 g/mol. The summed E-state index contributed by atoms with van der Waals surface area (Å²) in [4.78, 5) is 2.34. The number of rotatable bonds is 7. The van der Waals surface area contributed by atoms with Crippen LogP contribution in [0, 0.1) is 5.92 Å². The van der Waals surface area contributed by atoms with Crippen LogP contribution in [0.3, 0.4) is 0 Å². The molecule has 0 aliphatic carbocycles. The van der Waals surface area contributed by atoms with Gasteiger partial charge in [0.15, 0.2) is 0 Å². The molecule has 0 radical (unpaired) electrons. The summed E-state index contributed by atoms with van der Waals surface area (Å²) in [5.74, 6) is 0.527. The van der Waals surface area contributed by atoms with E-state index >= 15 is 0 Å². The topological polar surface area (TPSA) is 3.24 Å². The molecule has 0 aromatic heterocycles. The zero-order valence-electron chi connectivity index (χ0n) is 11.1. The lowest BCUT2D eigenvalue weighted by Crippen LogP contribution is -2.32. The van der Waals surface area contributed by atoms with Crippen molar-refractivity contribution in [3.05, 3.63) is 24.4 Å². The molecule has 0 bridgehead atoms. The first-order valence-electron chi connectivity index (χ1n) is 5.96. The molecule has 1 heteroatoms. The van der Waals surface area contributed by atoms with Gasteiger partial charge >= 0.3 is 0 Å². The molecule has 1 atom stereocenters. The predicted octanol–water partition coefficient (Wildman–Crippen LogP) is 4.22. The molecule has 15 heavy (non-hydrogen) atoms. The van der Waals surface area contributed by atoms with Crippen LogP contribution in [-0.4, -0.2) is 18.0 Å². The van der Waals surface area contributed by atoms with Crippen molar-refractivity contribution in [2.45, 2.75) is 53.0 Å². The first-order chi connectivity index (χ1) is 6.90. The second-order valence-corrected chi connectivity index (χ2v) is 4.86. The third-order valence-electron chi connectivity index (χ3n) is 2.87. The van der Waals surface area contributed by atoms with E-state index in [1.165, 1.54) is 24.1 Å². The first kappa shape index (κ1) is 14.3. The van der Waals surface area contributed by atoms with Gasteiger partial charge in [-0.15, -0.1) is 6.58 Å². The van der Waals surface area contributed by atoms with E-state index in [0.717, 1.165) is 6.42 Å². The van der Waals surface area contributed by atoms with Crippen LogP contribution in [0.5, 0.6) is 0 Å². The summed E-state index contributed by atoms with van der Waals surface area (Å²) in [6.07, 6.45) is 3.51. The number of hydrogen-bond donors (Lipinski definition) is 0. The molecule has 0 fully saturated rings. The maximum Gasteiger partial charge on any atom is 0.0320 e. The van der Waals surface area contributed by atoms with Gasteiger partial charge in [-0.2, -0.15) is 0 Å². The maximum atomic E-state index is 4.16. The van der Waals surface area contributed by atoms with Crippen molar-refractivity contribution in [1.29, 1.82) is 0 Å². The zero-order valence-corrected chi connectivity index (χ0v) is 11.1. The molecule has 0 aliphatic heterocycles. The van der Waals surface area contributed by atoms with Crippen molar-refractivity contribution in [2.75, 3.05) is 7.05 Å². The Hall–Kier alpha value is -0.720. The fourth-order valence-electron chi connectivity index (χ4n) is 1.81. The maximum absolute atomic E-state index is 4.16. The second-order valence-electron chi connectivity index (χ2n) is 4.86. The van der Waals surface area contributed by atoms with Gasteiger partial charge in [0, 0.05) is 18.8 Å². The molecule has 0 amide bonds. The zero-order chi connectivity index (χ0) is 12.0. The summed E-state index contributed by atoms with van der Waals surface area (Å²) < 4.78 is 0. The second kappa shape index (κ2) is 6.71. The first-order valence-corrected chi connectivity index (χ1v) is 5.96. The van der Waals surface area contributed by atoms with Crippen molar-refractivity contribution in [3.63, 3.8) is 0 Å². The molecule has 1 nitrogen and oxygen atoms in total. The molecule has 0 N–H and O–H groups in total. The Morgan fingerprint density at radius 1 is 1.27 bits per heavy atom. The lowest BCUT2D eigenvalue weighted by molar-refractivity contribution is 0.262. The molecule has 0 aliphatic rings. The summed E-state index contributed by atoms with van der Waals surface area (Å²) in [6, 6.07) is 0.572. The van der Waals surface area contributed by atoms with Crippen molar-refractivity contribution in [1.82, 2.24) is 4.90 Å². The Morgan fingerprint density at radius 2 is 1.80 bits per heavy atom. The molecule has 1 unspecified atom stereocenters. The van der Waals surface area contributed by atoms with E-state index in [4.69, 9.17) is 0 Å². The highest BCUT2D eigenvalue weighted by molar-refractivity contribution is 5.02. The van der Waals surface area contributed by atoms with E-state index in [0.29, 0.717) is 12.0 Å². The van der Waals surface area contributed by atoms with Gasteiger partial charge in [-0.25, -0.2) is 0 Å². The van der Waals surface area contributed by atoms with Crippen LogP contribution >= 0.6 is 0 Å². The van der Waals surface area contributed by atoms with Crippen molar-refractivity contribution < 1.29 is 0 Å². The number of nitrogens with zero attached hydrogens (tertiary/aromatic N) is 1. The summed E-state index contributed by atoms with van der Waals surface area (Å²) in [5, 5.41) is 0. The minimum Gasteiger partial charge on any atom is -0.375 e. The molecule has 0 rings (SSSR count). The Kier molecular flexibility index (Phi) is 6.38. The molecular weight excluding hydrogens is 182 g/mol. The van der Waals surface area contributed by atoms with Crippen LogP contribution in [0.4, 0.5) is 0 Å². The van der Waals surface area contributed by atoms with E-state index in [1.54, 1.807) is 0 Å². The molecule has 0 aromatic carbocycles. The third kappa shape index (κ3) is 5.06. The lowest BCUT2D eigenvalue weighted by Gasteiger charge is -2.33. The van der Waals surface area contributed by atoms with Gasteiger partial charge < -0.3 is 4.90 Å². The molecule has 0 aromatic rings. The quantitative estimate of drug-likeness (QED) is 0.567. The van der Waals surface area contributed by atoms with Gasteiger partial charge in [0.05, 0.1) is 0 Å². The Labute approximate surface area is 95.9 Å². The average Bonchev–Trinajstić information content (AvgIpc) is 2.14. The van der Waals surface area contributed by atoms with Crippen molar-refractivity contribution >= 4 is 0 Å². The summed E-state index contributed by atoms with van der Waals surface area (Å²) in [5.41, 5.74) is 2.49. The van der Waals surface area contributed by atoms with E-state index in [-0.39, 0.29) is 0 Å².